The zero-order chi connectivity index (χ0) is 32.5. The molecule has 3 aromatic rings. The fraction of sp³-hybridized carbons (Fsp3) is 0.432. The predicted molar refractivity (Wildman–Crippen MR) is 185 cm³/mol. The molecule has 4 atom stereocenters. The van der Waals surface area contributed by atoms with Crippen molar-refractivity contribution in [3.05, 3.63) is 96.1 Å². The molecule has 2 fully saturated rings. The third-order valence-electron chi connectivity index (χ3n) is 8.89. The molecular formula is C37H45NO6S2. The summed E-state index contributed by atoms with van der Waals surface area (Å²) in [4.78, 5) is 15.0. The van der Waals surface area contributed by atoms with Crippen LogP contribution in [0.25, 0.3) is 11.1 Å². The van der Waals surface area contributed by atoms with Crippen LogP contribution in [0, 0.1) is 12.8 Å². The molecule has 7 nitrogen and oxygen atoms in total. The van der Waals surface area contributed by atoms with E-state index in [0.717, 1.165) is 49.3 Å². The first-order valence-electron chi connectivity index (χ1n) is 16.1. The van der Waals surface area contributed by atoms with Gasteiger partial charge in [0.25, 0.3) is 0 Å². The number of carbonyl (C=O) groups excluding carboxylic acids is 1. The van der Waals surface area contributed by atoms with Crippen LogP contribution in [0.4, 0.5) is 0 Å². The second kappa shape index (κ2) is 16.2. The van der Waals surface area contributed by atoms with Gasteiger partial charge in [-0.05, 0) is 67.1 Å². The third kappa shape index (κ3) is 9.55. The number of nitrogens with zero attached hydrogens (tertiary/aromatic N) is 1. The number of esters is 1. The molecule has 1 aliphatic heterocycles. The molecule has 0 bridgehead atoms. The van der Waals surface area contributed by atoms with E-state index in [1.165, 1.54) is 41.0 Å². The normalized spacial score (nSPS) is 22.3. The summed E-state index contributed by atoms with van der Waals surface area (Å²) < 4.78 is 35.1. The van der Waals surface area contributed by atoms with Crippen LogP contribution in [0.5, 0.6) is 5.75 Å². The van der Waals surface area contributed by atoms with Crippen LogP contribution in [0.1, 0.15) is 43.2 Å². The largest absolute Gasteiger partial charge is 0.427 e. The van der Waals surface area contributed by atoms with Gasteiger partial charge in [0.05, 0.1) is 23.7 Å². The number of aliphatic hydroxyl groups is 1. The van der Waals surface area contributed by atoms with Gasteiger partial charge in [-0.25, -0.2) is 8.42 Å². The number of hydrogen-bond acceptors (Lipinski definition) is 8. The molecule has 5 rings (SSSR count). The molecule has 46 heavy (non-hydrogen) atoms. The van der Waals surface area contributed by atoms with Gasteiger partial charge in [-0.3, -0.25) is 9.69 Å². The van der Waals surface area contributed by atoms with E-state index in [0.29, 0.717) is 25.2 Å². The van der Waals surface area contributed by atoms with Crippen LogP contribution < -0.4 is 4.74 Å². The monoisotopic (exact) mass is 663 g/mol. The Hall–Kier alpha value is -2.95. The van der Waals surface area contributed by atoms with Gasteiger partial charge in [0, 0.05) is 55.7 Å². The van der Waals surface area contributed by atoms with E-state index in [4.69, 9.17) is 9.47 Å². The highest BCUT2D eigenvalue weighted by atomic mass is 32.2. The minimum atomic E-state index is -3.30. The zero-order valence-electron chi connectivity index (χ0n) is 26.7. The number of carbonyl (C=O) groups is 1. The maximum Gasteiger partial charge on any atom is 0.311 e. The van der Waals surface area contributed by atoms with Crippen molar-refractivity contribution in [1.29, 1.82) is 0 Å². The second-order valence-corrected chi connectivity index (χ2v) is 15.6. The molecule has 1 aliphatic carbocycles. The van der Waals surface area contributed by atoms with Crippen molar-refractivity contribution < 1.29 is 27.8 Å². The van der Waals surface area contributed by atoms with E-state index >= 15 is 0 Å². The molecule has 246 valence electrons. The third-order valence-corrected chi connectivity index (χ3v) is 11.0. The molecule has 9 heteroatoms. The smallest absolute Gasteiger partial charge is 0.311 e. The summed E-state index contributed by atoms with van der Waals surface area (Å²) in [6.45, 7) is 4.59. The van der Waals surface area contributed by atoms with Crippen LogP contribution >= 0.6 is 11.8 Å². The molecule has 1 saturated carbocycles. The van der Waals surface area contributed by atoms with Crippen molar-refractivity contribution in [2.75, 3.05) is 30.9 Å². The van der Waals surface area contributed by atoms with Gasteiger partial charge in [0.15, 0.2) is 9.84 Å². The number of hydrogen-bond donors (Lipinski definition) is 1. The molecule has 0 amide bonds. The lowest BCUT2D eigenvalue weighted by Gasteiger charge is -2.37. The Morgan fingerprint density at radius 2 is 1.57 bits per heavy atom. The highest BCUT2D eigenvalue weighted by Gasteiger charge is 2.45. The lowest BCUT2D eigenvalue weighted by atomic mass is 9.93. The molecule has 1 saturated heterocycles. The number of rotatable bonds is 13. The summed E-state index contributed by atoms with van der Waals surface area (Å²) in [6.07, 6.45) is 7.99. The number of aliphatic hydroxyl groups excluding tert-OH is 1. The minimum Gasteiger partial charge on any atom is -0.427 e. The lowest BCUT2D eigenvalue weighted by molar-refractivity contribution is -0.134. The van der Waals surface area contributed by atoms with Gasteiger partial charge in [-0.2, -0.15) is 11.8 Å². The van der Waals surface area contributed by atoms with E-state index in [2.05, 4.69) is 66.4 Å². The van der Waals surface area contributed by atoms with Crippen molar-refractivity contribution >= 4 is 27.6 Å². The fourth-order valence-electron chi connectivity index (χ4n) is 6.40. The number of aryl methyl sites for hydroxylation is 1. The Morgan fingerprint density at radius 1 is 0.935 bits per heavy atom. The standard InChI is InChI=1S/C37H45NO6S2/c1-27-9-13-29(14-10-27)30-15-11-28(12-16-30)26-43-35-25-34(39)37(38-21-23-45-24-22-38)33(35)7-5-3-4-6-8-36(40)44-31-17-19-32(20-18-31)46(2,41)42/h3-4,9-20,33-35,37,39H,5-8,21-26H2,1-2H3/t33?,34-,35+,37-/m1/s1. The van der Waals surface area contributed by atoms with Crippen LogP contribution in [0.15, 0.2) is 89.8 Å². The molecular weight excluding hydrogens is 619 g/mol. The number of ether oxygens (including phenoxy) is 2. The molecule has 1 unspecified atom stereocenters. The van der Waals surface area contributed by atoms with Gasteiger partial charge in [-0.15, -0.1) is 0 Å². The first-order chi connectivity index (χ1) is 22.2. The fourth-order valence-corrected chi connectivity index (χ4v) is 7.96. The highest BCUT2D eigenvalue weighted by Crippen LogP contribution is 2.37. The van der Waals surface area contributed by atoms with Crippen LogP contribution in [0.3, 0.4) is 0 Å². The van der Waals surface area contributed by atoms with Crippen molar-refractivity contribution in [2.45, 2.75) is 68.8 Å². The van der Waals surface area contributed by atoms with Crippen LogP contribution in [-0.4, -0.2) is 73.5 Å². The quantitative estimate of drug-likeness (QED) is 0.126. The summed E-state index contributed by atoms with van der Waals surface area (Å²) >= 11 is 1.97. The SMILES string of the molecule is Cc1ccc(-c2ccc(CO[C@H]3C[C@@H](O)[C@H](N4CCSCC4)C3CCC=CCCC(=O)Oc3ccc(S(C)(=O)=O)cc3)cc2)cc1. The Labute approximate surface area is 277 Å². The number of allylic oxidation sites excluding steroid dienone is 2. The molecule has 0 radical (unpaired) electrons. The van der Waals surface area contributed by atoms with Crippen molar-refractivity contribution in [3.8, 4) is 16.9 Å². The molecule has 1 N–H and O–H groups in total. The Bertz CT molecular complexity index is 1550. The van der Waals surface area contributed by atoms with Gasteiger partial charge in [0.1, 0.15) is 5.75 Å². The van der Waals surface area contributed by atoms with Crippen molar-refractivity contribution in [1.82, 2.24) is 4.90 Å². The maximum absolute atomic E-state index is 12.3. The Kier molecular flexibility index (Phi) is 12.1. The van der Waals surface area contributed by atoms with Crippen LogP contribution in [0.2, 0.25) is 0 Å². The van der Waals surface area contributed by atoms with Gasteiger partial charge < -0.3 is 14.6 Å². The summed E-state index contributed by atoms with van der Waals surface area (Å²) in [5.74, 6) is 2.37. The minimum absolute atomic E-state index is 0.0242. The topological polar surface area (TPSA) is 93.1 Å². The molecule has 0 spiro atoms. The maximum atomic E-state index is 12.3. The Balaban J connectivity index is 1.13. The summed E-state index contributed by atoms with van der Waals surface area (Å²) in [5, 5.41) is 11.2. The van der Waals surface area contributed by atoms with E-state index < -0.39 is 15.9 Å². The average molecular weight is 664 g/mol. The van der Waals surface area contributed by atoms with Gasteiger partial charge in [-0.1, -0.05) is 66.2 Å². The van der Waals surface area contributed by atoms with Crippen molar-refractivity contribution in [3.63, 3.8) is 0 Å². The lowest BCUT2D eigenvalue weighted by Crippen LogP contribution is -2.48. The summed E-state index contributed by atoms with van der Waals surface area (Å²) in [7, 11) is -3.30. The summed E-state index contributed by atoms with van der Waals surface area (Å²) in [6, 6.07) is 23.1. The number of thioether (sulfide) groups is 1. The van der Waals surface area contributed by atoms with Gasteiger partial charge in [0.2, 0.25) is 0 Å². The summed E-state index contributed by atoms with van der Waals surface area (Å²) in [5.41, 5.74) is 4.76. The van der Waals surface area contributed by atoms with Gasteiger partial charge >= 0.3 is 5.97 Å². The number of sulfone groups is 1. The second-order valence-electron chi connectivity index (χ2n) is 12.3. The predicted octanol–water partition coefficient (Wildman–Crippen LogP) is 6.47. The Morgan fingerprint density at radius 3 is 2.22 bits per heavy atom. The molecule has 2 aliphatic rings. The zero-order valence-corrected chi connectivity index (χ0v) is 28.3. The average Bonchev–Trinajstić information content (AvgIpc) is 3.37. The highest BCUT2D eigenvalue weighted by molar-refractivity contribution is 7.99. The van der Waals surface area contributed by atoms with Crippen molar-refractivity contribution in [2.24, 2.45) is 5.92 Å². The molecule has 0 aromatic heterocycles. The first kappa shape index (κ1) is 34.4. The van der Waals surface area contributed by atoms with E-state index in [1.807, 2.05) is 17.8 Å². The van der Waals surface area contributed by atoms with E-state index in [1.54, 1.807) is 0 Å². The number of benzene rings is 3. The first-order valence-corrected chi connectivity index (χ1v) is 19.2. The van der Waals surface area contributed by atoms with Crippen LogP contribution in [-0.2, 0) is 26.0 Å². The van der Waals surface area contributed by atoms with E-state index in [9.17, 15) is 18.3 Å². The molecule has 3 aromatic carbocycles. The van der Waals surface area contributed by atoms with E-state index in [-0.39, 0.29) is 35.3 Å². The molecule has 1 heterocycles.